The molecule has 1 N–H and O–H groups in total. The molecule has 0 heterocycles. The minimum atomic E-state index is -0.613. The van der Waals surface area contributed by atoms with Crippen LogP contribution in [-0.4, -0.2) is 19.6 Å². The standard InChI is InChI=1S/C13H18FNO2/c1-9(2)8-15-12(13(16)17-3)10-5-4-6-11(14)7-10/h4-7,9,12,15H,8H2,1-3H3. The number of rotatable bonds is 5. The van der Waals surface area contributed by atoms with Gasteiger partial charge >= 0.3 is 5.97 Å². The van der Waals surface area contributed by atoms with Crippen molar-refractivity contribution >= 4 is 5.97 Å². The van der Waals surface area contributed by atoms with E-state index in [4.69, 9.17) is 4.74 Å². The van der Waals surface area contributed by atoms with Crippen molar-refractivity contribution < 1.29 is 13.9 Å². The molecule has 3 nitrogen and oxygen atoms in total. The maximum absolute atomic E-state index is 13.1. The summed E-state index contributed by atoms with van der Waals surface area (Å²) >= 11 is 0. The lowest BCUT2D eigenvalue weighted by molar-refractivity contribution is -0.143. The third-order valence-electron chi connectivity index (χ3n) is 2.35. The lowest BCUT2D eigenvalue weighted by atomic mass is 10.1. The Labute approximate surface area is 101 Å². The van der Waals surface area contributed by atoms with Crippen LogP contribution < -0.4 is 5.32 Å². The molecular weight excluding hydrogens is 221 g/mol. The first-order chi connectivity index (χ1) is 8.04. The summed E-state index contributed by atoms with van der Waals surface area (Å²) in [6.45, 7) is 4.73. The summed E-state index contributed by atoms with van der Waals surface area (Å²) in [4.78, 5) is 11.6. The Hall–Kier alpha value is -1.42. The van der Waals surface area contributed by atoms with E-state index in [0.29, 0.717) is 18.0 Å². The number of carbonyl (C=O) groups is 1. The van der Waals surface area contributed by atoms with Crippen LogP contribution in [0.3, 0.4) is 0 Å². The molecule has 1 aromatic rings. The summed E-state index contributed by atoms with van der Waals surface area (Å²) in [5, 5.41) is 3.07. The number of halogens is 1. The summed E-state index contributed by atoms with van der Waals surface area (Å²) in [6, 6.07) is 5.36. The average Bonchev–Trinajstić information content (AvgIpc) is 2.28. The van der Waals surface area contributed by atoms with E-state index in [2.05, 4.69) is 5.32 Å². The molecule has 0 aliphatic carbocycles. The summed E-state index contributed by atoms with van der Waals surface area (Å²) in [7, 11) is 1.33. The average molecular weight is 239 g/mol. The highest BCUT2D eigenvalue weighted by molar-refractivity contribution is 5.77. The quantitative estimate of drug-likeness (QED) is 0.801. The van der Waals surface area contributed by atoms with E-state index in [0.717, 1.165) is 0 Å². The van der Waals surface area contributed by atoms with E-state index in [1.54, 1.807) is 12.1 Å². The van der Waals surface area contributed by atoms with Gasteiger partial charge in [0.05, 0.1) is 7.11 Å². The molecular formula is C13H18FNO2. The van der Waals surface area contributed by atoms with Gasteiger partial charge in [0.1, 0.15) is 11.9 Å². The van der Waals surface area contributed by atoms with E-state index in [9.17, 15) is 9.18 Å². The smallest absolute Gasteiger partial charge is 0.327 e. The molecule has 0 spiro atoms. The Balaban J connectivity index is 2.86. The molecule has 94 valence electrons. The number of hydrogen-bond donors (Lipinski definition) is 1. The Morgan fingerprint density at radius 1 is 1.47 bits per heavy atom. The van der Waals surface area contributed by atoms with Gasteiger partial charge in [-0.3, -0.25) is 0 Å². The van der Waals surface area contributed by atoms with Gasteiger partial charge in [0.25, 0.3) is 0 Å². The maximum Gasteiger partial charge on any atom is 0.327 e. The zero-order valence-electron chi connectivity index (χ0n) is 10.4. The van der Waals surface area contributed by atoms with Gasteiger partial charge in [0.15, 0.2) is 0 Å². The molecule has 0 radical (unpaired) electrons. The molecule has 0 amide bonds. The fourth-order valence-electron chi connectivity index (χ4n) is 1.49. The van der Waals surface area contributed by atoms with Crippen LogP contribution in [0.25, 0.3) is 0 Å². The highest BCUT2D eigenvalue weighted by Crippen LogP contribution is 2.16. The highest BCUT2D eigenvalue weighted by atomic mass is 19.1. The van der Waals surface area contributed by atoms with Crippen LogP contribution in [0.2, 0.25) is 0 Å². The van der Waals surface area contributed by atoms with Gasteiger partial charge in [-0.1, -0.05) is 26.0 Å². The van der Waals surface area contributed by atoms with Crippen molar-refractivity contribution in [3.8, 4) is 0 Å². The van der Waals surface area contributed by atoms with E-state index in [1.165, 1.54) is 19.2 Å². The molecule has 4 heteroatoms. The minimum Gasteiger partial charge on any atom is -0.468 e. The third kappa shape index (κ3) is 4.15. The molecule has 0 aromatic heterocycles. The van der Waals surface area contributed by atoms with E-state index < -0.39 is 12.0 Å². The van der Waals surface area contributed by atoms with Crippen molar-refractivity contribution in [2.75, 3.05) is 13.7 Å². The topological polar surface area (TPSA) is 38.3 Å². The van der Waals surface area contributed by atoms with Crippen LogP contribution in [0.4, 0.5) is 4.39 Å². The molecule has 1 atom stereocenters. The fourth-order valence-corrected chi connectivity index (χ4v) is 1.49. The molecule has 0 aliphatic heterocycles. The zero-order chi connectivity index (χ0) is 12.8. The molecule has 17 heavy (non-hydrogen) atoms. The second kappa shape index (κ2) is 6.35. The normalized spacial score (nSPS) is 12.5. The Bertz CT molecular complexity index is 379. The van der Waals surface area contributed by atoms with Gasteiger partial charge in [0.2, 0.25) is 0 Å². The van der Waals surface area contributed by atoms with Crippen LogP contribution in [0.5, 0.6) is 0 Å². The Morgan fingerprint density at radius 2 is 2.18 bits per heavy atom. The second-order valence-corrected chi connectivity index (χ2v) is 4.31. The van der Waals surface area contributed by atoms with Crippen LogP contribution >= 0.6 is 0 Å². The van der Waals surface area contributed by atoms with E-state index >= 15 is 0 Å². The van der Waals surface area contributed by atoms with E-state index in [-0.39, 0.29) is 5.82 Å². The summed E-state index contributed by atoms with van der Waals surface area (Å²) in [5.41, 5.74) is 0.581. The number of methoxy groups -OCH3 is 1. The molecule has 0 saturated heterocycles. The number of esters is 1. The fraction of sp³-hybridized carbons (Fsp3) is 0.462. The number of benzene rings is 1. The lowest BCUT2D eigenvalue weighted by Gasteiger charge is -2.18. The highest BCUT2D eigenvalue weighted by Gasteiger charge is 2.21. The molecule has 0 aliphatic rings. The van der Waals surface area contributed by atoms with Crippen molar-refractivity contribution in [1.82, 2.24) is 5.32 Å². The Morgan fingerprint density at radius 3 is 2.71 bits per heavy atom. The van der Waals surface area contributed by atoms with Crippen molar-refractivity contribution in [3.05, 3.63) is 35.6 Å². The maximum atomic E-state index is 13.1. The van der Waals surface area contributed by atoms with Crippen LogP contribution in [0, 0.1) is 11.7 Å². The number of hydrogen-bond acceptors (Lipinski definition) is 3. The molecule has 1 rings (SSSR count). The third-order valence-corrected chi connectivity index (χ3v) is 2.35. The largest absolute Gasteiger partial charge is 0.468 e. The first kappa shape index (κ1) is 13.6. The van der Waals surface area contributed by atoms with Crippen LogP contribution in [-0.2, 0) is 9.53 Å². The van der Waals surface area contributed by atoms with Crippen molar-refractivity contribution in [1.29, 1.82) is 0 Å². The van der Waals surface area contributed by atoms with Crippen molar-refractivity contribution in [2.24, 2.45) is 5.92 Å². The molecule has 1 unspecified atom stereocenters. The lowest BCUT2D eigenvalue weighted by Crippen LogP contribution is -2.32. The predicted molar refractivity (Wildman–Crippen MR) is 64.0 cm³/mol. The second-order valence-electron chi connectivity index (χ2n) is 4.31. The number of ether oxygens (including phenoxy) is 1. The van der Waals surface area contributed by atoms with Crippen molar-refractivity contribution in [3.63, 3.8) is 0 Å². The van der Waals surface area contributed by atoms with Gasteiger partial charge in [-0.25, -0.2) is 9.18 Å². The zero-order valence-corrected chi connectivity index (χ0v) is 10.4. The first-order valence-electron chi connectivity index (χ1n) is 5.61. The molecule has 0 saturated carbocycles. The van der Waals surface area contributed by atoms with Gasteiger partial charge < -0.3 is 10.1 Å². The summed E-state index contributed by atoms with van der Waals surface area (Å²) in [6.07, 6.45) is 0. The van der Waals surface area contributed by atoms with E-state index in [1.807, 2.05) is 13.8 Å². The minimum absolute atomic E-state index is 0.359. The summed E-state index contributed by atoms with van der Waals surface area (Å²) < 4.78 is 17.8. The number of nitrogens with one attached hydrogen (secondary N) is 1. The summed E-state index contributed by atoms with van der Waals surface area (Å²) in [5.74, 6) is -0.366. The molecule has 1 aromatic carbocycles. The molecule has 0 fully saturated rings. The number of carbonyl (C=O) groups excluding carboxylic acids is 1. The van der Waals surface area contributed by atoms with Gasteiger partial charge in [-0.05, 0) is 30.2 Å². The SMILES string of the molecule is COC(=O)C(NCC(C)C)c1cccc(F)c1. The monoisotopic (exact) mass is 239 g/mol. The van der Waals surface area contributed by atoms with Crippen molar-refractivity contribution in [2.45, 2.75) is 19.9 Å². The van der Waals surface area contributed by atoms with Gasteiger partial charge in [0, 0.05) is 0 Å². The Kier molecular flexibility index (Phi) is 5.10. The van der Waals surface area contributed by atoms with Crippen LogP contribution in [0.1, 0.15) is 25.5 Å². The van der Waals surface area contributed by atoms with Gasteiger partial charge in [-0.15, -0.1) is 0 Å². The molecule has 0 bridgehead atoms. The van der Waals surface area contributed by atoms with Gasteiger partial charge in [-0.2, -0.15) is 0 Å². The van der Waals surface area contributed by atoms with Crippen LogP contribution in [0.15, 0.2) is 24.3 Å². The first-order valence-corrected chi connectivity index (χ1v) is 5.61. The predicted octanol–water partition coefficient (Wildman–Crippen LogP) is 2.29.